The van der Waals surface area contributed by atoms with Gasteiger partial charge in [0.2, 0.25) is 0 Å². The molecular formula is C14H19NO2S. The third-order valence-electron chi connectivity index (χ3n) is 3.08. The molecule has 98 valence electrons. The highest BCUT2D eigenvalue weighted by Crippen LogP contribution is 2.18. The van der Waals surface area contributed by atoms with Crippen LogP contribution in [0.3, 0.4) is 0 Å². The summed E-state index contributed by atoms with van der Waals surface area (Å²) in [7, 11) is 0. The first-order valence-electron chi connectivity index (χ1n) is 6.40. The Hall–Kier alpha value is -1.13. The topological polar surface area (TPSA) is 44.5 Å². The average molecular weight is 265 g/mol. The lowest BCUT2D eigenvalue weighted by atomic mass is 10.1. The van der Waals surface area contributed by atoms with E-state index in [0.717, 1.165) is 30.8 Å². The largest absolute Gasteiger partial charge is 0.494 e. The molecule has 0 amide bonds. The van der Waals surface area contributed by atoms with Crippen molar-refractivity contribution in [3.8, 4) is 5.75 Å². The lowest BCUT2D eigenvalue weighted by molar-refractivity contribution is 0.0981. The Morgan fingerprint density at radius 1 is 1.50 bits per heavy atom. The first-order chi connectivity index (χ1) is 8.75. The molecule has 0 radical (unpaired) electrons. The van der Waals surface area contributed by atoms with Crippen molar-refractivity contribution in [2.75, 3.05) is 13.2 Å². The van der Waals surface area contributed by atoms with Crippen LogP contribution in [0, 0.1) is 0 Å². The molecule has 4 heteroatoms. The fourth-order valence-corrected chi connectivity index (χ4v) is 2.24. The molecule has 1 saturated heterocycles. The third kappa shape index (κ3) is 3.96. The smallest absolute Gasteiger partial charge is 0.119 e. The van der Waals surface area contributed by atoms with Crippen molar-refractivity contribution in [1.82, 2.24) is 0 Å². The molecule has 0 aliphatic carbocycles. The summed E-state index contributed by atoms with van der Waals surface area (Å²) in [6.45, 7) is 1.63. The van der Waals surface area contributed by atoms with E-state index in [1.807, 2.05) is 24.3 Å². The van der Waals surface area contributed by atoms with E-state index in [-0.39, 0.29) is 0 Å². The van der Waals surface area contributed by atoms with Gasteiger partial charge in [0.15, 0.2) is 0 Å². The van der Waals surface area contributed by atoms with Gasteiger partial charge in [0, 0.05) is 12.2 Å². The molecule has 2 N–H and O–H groups in total. The summed E-state index contributed by atoms with van der Waals surface area (Å²) in [5.41, 5.74) is 6.43. The summed E-state index contributed by atoms with van der Waals surface area (Å²) < 4.78 is 11.3. The summed E-state index contributed by atoms with van der Waals surface area (Å²) in [6.07, 6.45) is 4.92. The van der Waals surface area contributed by atoms with Crippen molar-refractivity contribution in [3.63, 3.8) is 0 Å². The number of thiocarbonyl (C=S) groups is 1. The van der Waals surface area contributed by atoms with Gasteiger partial charge in [0.05, 0.1) is 12.7 Å². The maximum atomic E-state index is 5.69. The van der Waals surface area contributed by atoms with Crippen molar-refractivity contribution >= 4 is 17.2 Å². The molecule has 0 spiro atoms. The molecule has 1 aromatic rings. The van der Waals surface area contributed by atoms with Gasteiger partial charge in [-0.2, -0.15) is 0 Å². The second-order valence-electron chi connectivity index (χ2n) is 4.52. The molecule has 1 heterocycles. The van der Waals surface area contributed by atoms with Gasteiger partial charge in [-0.3, -0.25) is 0 Å². The Morgan fingerprint density at radius 2 is 2.39 bits per heavy atom. The highest BCUT2D eigenvalue weighted by Gasteiger charge is 2.14. The zero-order valence-electron chi connectivity index (χ0n) is 10.4. The lowest BCUT2D eigenvalue weighted by Crippen LogP contribution is -2.10. The second-order valence-corrected chi connectivity index (χ2v) is 4.96. The maximum Gasteiger partial charge on any atom is 0.119 e. The molecule has 1 atom stereocenters. The maximum absolute atomic E-state index is 5.69. The normalized spacial score (nSPS) is 18.8. The van der Waals surface area contributed by atoms with Crippen LogP contribution in [0.1, 0.15) is 31.2 Å². The standard InChI is InChI=1S/C14H19NO2S/c15-14(18)11-4-1-5-13(10-11)17-9-3-7-12-6-2-8-16-12/h1,4-5,10,12H,2-3,6-9H2,(H2,15,18). The van der Waals surface area contributed by atoms with Crippen LogP contribution in [0.15, 0.2) is 24.3 Å². The molecule has 0 bridgehead atoms. The van der Waals surface area contributed by atoms with Gasteiger partial charge >= 0.3 is 0 Å². The van der Waals surface area contributed by atoms with Gasteiger partial charge in [-0.25, -0.2) is 0 Å². The number of benzene rings is 1. The summed E-state index contributed by atoms with van der Waals surface area (Å²) in [5, 5.41) is 0. The Balaban J connectivity index is 1.72. The summed E-state index contributed by atoms with van der Waals surface area (Å²) >= 11 is 4.94. The predicted molar refractivity (Wildman–Crippen MR) is 76.0 cm³/mol. The molecule has 1 aliphatic heterocycles. The third-order valence-corrected chi connectivity index (χ3v) is 3.32. The van der Waals surface area contributed by atoms with Crippen LogP contribution in [0.25, 0.3) is 0 Å². The number of nitrogens with two attached hydrogens (primary N) is 1. The first-order valence-corrected chi connectivity index (χ1v) is 6.81. The number of hydrogen-bond donors (Lipinski definition) is 1. The van der Waals surface area contributed by atoms with E-state index < -0.39 is 0 Å². The van der Waals surface area contributed by atoms with E-state index in [1.54, 1.807) is 0 Å². The molecular weight excluding hydrogens is 246 g/mol. The van der Waals surface area contributed by atoms with Gasteiger partial charge in [-0.15, -0.1) is 0 Å². The minimum atomic E-state index is 0.403. The van der Waals surface area contributed by atoms with Gasteiger partial charge in [0.1, 0.15) is 10.7 Å². The van der Waals surface area contributed by atoms with Gasteiger partial charge in [-0.05, 0) is 37.8 Å². The zero-order chi connectivity index (χ0) is 12.8. The molecule has 1 aliphatic rings. The van der Waals surface area contributed by atoms with Gasteiger partial charge in [-0.1, -0.05) is 24.4 Å². The van der Waals surface area contributed by atoms with Gasteiger partial charge in [0.25, 0.3) is 0 Å². The van der Waals surface area contributed by atoms with Crippen LogP contribution >= 0.6 is 12.2 Å². The SMILES string of the molecule is NC(=S)c1cccc(OCCCC2CCCO2)c1. The number of rotatable bonds is 6. The van der Waals surface area contributed by atoms with Crippen LogP contribution in [-0.2, 0) is 4.74 Å². The predicted octanol–water partition coefficient (Wildman–Crippen LogP) is 2.66. The Labute approximate surface area is 113 Å². The summed E-state index contributed by atoms with van der Waals surface area (Å²) in [6, 6.07) is 7.60. The van der Waals surface area contributed by atoms with Crippen LogP contribution in [0.2, 0.25) is 0 Å². The van der Waals surface area contributed by atoms with Crippen LogP contribution in [0.5, 0.6) is 5.75 Å². The highest BCUT2D eigenvalue weighted by atomic mass is 32.1. The van der Waals surface area contributed by atoms with Gasteiger partial charge < -0.3 is 15.2 Å². The first kappa shape index (κ1) is 13.3. The minimum Gasteiger partial charge on any atom is -0.494 e. The van der Waals surface area contributed by atoms with Crippen LogP contribution in [-0.4, -0.2) is 24.3 Å². The average Bonchev–Trinajstić information content (AvgIpc) is 2.88. The Kier molecular flexibility index (Phi) is 4.96. The zero-order valence-corrected chi connectivity index (χ0v) is 11.2. The van der Waals surface area contributed by atoms with Crippen molar-refractivity contribution in [1.29, 1.82) is 0 Å². The highest BCUT2D eigenvalue weighted by molar-refractivity contribution is 7.80. The van der Waals surface area contributed by atoms with E-state index in [1.165, 1.54) is 12.8 Å². The molecule has 0 aromatic heterocycles. The number of ether oxygens (including phenoxy) is 2. The molecule has 1 unspecified atom stereocenters. The van der Waals surface area contributed by atoms with E-state index in [9.17, 15) is 0 Å². The molecule has 0 saturated carbocycles. The lowest BCUT2D eigenvalue weighted by Gasteiger charge is -2.10. The van der Waals surface area contributed by atoms with E-state index >= 15 is 0 Å². The molecule has 1 fully saturated rings. The van der Waals surface area contributed by atoms with Crippen molar-refractivity contribution in [2.24, 2.45) is 5.73 Å². The van der Waals surface area contributed by atoms with E-state index in [0.29, 0.717) is 17.7 Å². The Bertz CT molecular complexity index is 403. The van der Waals surface area contributed by atoms with Crippen molar-refractivity contribution in [2.45, 2.75) is 31.8 Å². The molecule has 1 aromatic carbocycles. The van der Waals surface area contributed by atoms with Crippen LogP contribution in [0.4, 0.5) is 0 Å². The monoisotopic (exact) mass is 265 g/mol. The van der Waals surface area contributed by atoms with Crippen molar-refractivity contribution in [3.05, 3.63) is 29.8 Å². The summed E-state index contributed by atoms with van der Waals surface area (Å²) in [5.74, 6) is 0.827. The minimum absolute atomic E-state index is 0.403. The van der Waals surface area contributed by atoms with Crippen LogP contribution < -0.4 is 10.5 Å². The van der Waals surface area contributed by atoms with Crippen molar-refractivity contribution < 1.29 is 9.47 Å². The Morgan fingerprint density at radius 3 is 3.11 bits per heavy atom. The number of hydrogen-bond acceptors (Lipinski definition) is 3. The molecule has 3 nitrogen and oxygen atoms in total. The molecule has 18 heavy (non-hydrogen) atoms. The second kappa shape index (κ2) is 6.71. The fraction of sp³-hybridized carbons (Fsp3) is 0.500. The summed E-state index contributed by atoms with van der Waals surface area (Å²) in [4.78, 5) is 0.403. The van der Waals surface area contributed by atoms with E-state index in [4.69, 9.17) is 27.4 Å². The fourth-order valence-electron chi connectivity index (χ4n) is 2.11. The molecule has 2 rings (SSSR count). The van der Waals surface area contributed by atoms with E-state index in [2.05, 4.69) is 0 Å². The quantitative estimate of drug-likeness (QED) is 0.634.